The van der Waals surface area contributed by atoms with E-state index in [2.05, 4.69) is 37.3 Å². The third-order valence-corrected chi connectivity index (χ3v) is 7.38. The minimum Gasteiger partial charge on any atom is -0.198 e. The summed E-state index contributed by atoms with van der Waals surface area (Å²) < 4.78 is 0. The van der Waals surface area contributed by atoms with Gasteiger partial charge in [-0.15, -0.1) is 0 Å². The maximum absolute atomic E-state index is 9.06. The van der Waals surface area contributed by atoms with Gasteiger partial charge in [0.05, 0.1) is 6.07 Å². The lowest BCUT2D eigenvalue weighted by Crippen LogP contribution is -2.15. The van der Waals surface area contributed by atoms with Crippen molar-refractivity contribution in [3.63, 3.8) is 0 Å². The first kappa shape index (κ1) is 20.4. The summed E-state index contributed by atoms with van der Waals surface area (Å²) in [7, 11) is 0. The molecule has 148 valence electrons. The molecule has 0 N–H and O–H groups in total. The van der Waals surface area contributed by atoms with E-state index in [1.807, 2.05) is 0 Å². The summed E-state index contributed by atoms with van der Waals surface area (Å²) in [5, 5.41) is 9.06. The van der Waals surface area contributed by atoms with Gasteiger partial charge in [-0.1, -0.05) is 82.6 Å². The number of unbranched alkanes of at least 4 members (excludes halogenated alkanes) is 2. The van der Waals surface area contributed by atoms with Crippen LogP contribution in [0.4, 0.5) is 0 Å². The average Bonchev–Trinajstić information content (AvgIpc) is 2.74. The first-order chi connectivity index (χ1) is 13.3. The van der Waals surface area contributed by atoms with E-state index in [0.717, 1.165) is 24.7 Å². The number of hydrogen-bond donors (Lipinski definition) is 0. The molecule has 0 unspecified atom stereocenters. The Labute approximate surface area is 167 Å². The lowest BCUT2D eigenvalue weighted by Gasteiger charge is -2.28. The molecule has 0 saturated heterocycles. The fourth-order valence-electron chi connectivity index (χ4n) is 5.37. The summed E-state index contributed by atoms with van der Waals surface area (Å²) in [5.41, 5.74) is 3.03. The summed E-state index contributed by atoms with van der Waals surface area (Å²) >= 11 is 0. The highest BCUT2D eigenvalue weighted by Crippen LogP contribution is 2.36. The molecule has 1 aromatic carbocycles. The average molecular weight is 366 g/mol. The van der Waals surface area contributed by atoms with Gasteiger partial charge in [0.25, 0.3) is 0 Å². The van der Waals surface area contributed by atoms with E-state index in [1.54, 1.807) is 0 Å². The summed E-state index contributed by atoms with van der Waals surface area (Å²) in [4.78, 5) is 0. The highest BCUT2D eigenvalue weighted by Gasteiger charge is 2.22. The second kappa shape index (κ2) is 10.9. The van der Waals surface area contributed by atoms with E-state index < -0.39 is 0 Å². The minimum atomic E-state index is 0.308. The van der Waals surface area contributed by atoms with Crippen molar-refractivity contribution >= 4 is 0 Å². The van der Waals surface area contributed by atoms with Gasteiger partial charge >= 0.3 is 0 Å². The van der Waals surface area contributed by atoms with Gasteiger partial charge in [-0.3, -0.25) is 0 Å². The zero-order valence-electron chi connectivity index (χ0n) is 17.5. The van der Waals surface area contributed by atoms with Gasteiger partial charge in [0.1, 0.15) is 0 Å². The predicted molar refractivity (Wildman–Crippen MR) is 115 cm³/mol. The van der Waals surface area contributed by atoms with Crippen LogP contribution in [-0.2, 0) is 6.42 Å². The van der Waals surface area contributed by atoms with Crippen LogP contribution in [-0.4, -0.2) is 0 Å². The lowest BCUT2D eigenvalue weighted by molar-refractivity contribution is 0.249. The molecule has 0 bridgehead atoms. The van der Waals surface area contributed by atoms with Crippen LogP contribution < -0.4 is 0 Å². The van der Waals surface area contributed by atoms with Crippen LogP contribution in [0.25, 0.3) is 0 Å². The summed E-state index contributed by atoms with van der Waals surface area (Å²) in [6, 6.07) is 11.9. The van der Waals surface area contributed by atoms with Crippen molar-refractivity contribution in [2.75, 3.05) is 0 Å². The van der Waals surface area contributed by atoms with Crippen molar-refractivity contribution in [2.24, 2.45) is 17.8 Å². The number of nitrogens with zero attached hydrogens (tertiary/aromatic N) is 1. The van der Waals surface area contributed by atoms with E-state index >= 15 is 0 Å². The highest BCUT2D eigenvalue weighted by atomic mass is 14.3. The Bertz CT molecular complexity index is 565. The Morgan fingerprint density at radius 2 is 1.44 bits per heavy atom. The quantitative estimate of drug-likeness (QED) is 0.431. The second-order valence-corrected chi connectivity index (χ2v) is 9.34. The molecule has 2 saturated carbocycles. The molecule has 0 spiro atoms. The maximum atomic E-state index is 9.06. The number of benzene rings is 1. The van der Waals surface area contributed by atoms with Gasteiger partial charge in [0.15, 0.2) is 0 Å². The molecule has 2 fully saturated rings. The Kier molecular flexibility index (Phi) is 8.25. The molecule has 0 radical (unpaired) electrons. The molecule has 1 heteroatoms. The zero-order chi connectivity index (χ0) is 18.9. The molecule has 0 heterocycles. The van der Waals surface area contributed by atoms with E-state index in [0.29, 0.717) is 11.8 Å². The fourth-order valence-corrected chi connectivity index (χ4v) is 5.37. The third-order valence-electron chi connectivity index (χ3n) is 7.38. The third kappa shape index (κ3) is 6.38. The summed E-state index contributed by atoms with van der Waals surface area (Å²) in [6.07, 6.45) is 18.8. The molecule has 2 aliphatic carbocycles. The number of rotatable bonds is 8. The first-order valence-corrected chi connectivity index (χ1v) is 11.8. The predicted octanol–water partition coefficient (Wildman–Crippen LogP) is 7.80. The maximum Gasteiger partial charge on any atom is 0.0655 e. The molecule has 0 aromatic heterocycles. The van der Waals surface area contributed by atoms with Crippen molar-refractivity contribution in [3.05, 3.63) is 35.4 Å². The molecule has 1 nitrogen and oxygen atoms in total. The molecule has 1 aromatic rings. The van der Waals surface area contributed by atoms with Gasteiger partial charge in [-0.05, 0) is 67.4 Å². The number of aryl methyl sites for hydroxylation is 1. The van der Waals surface area contributed by atoms with Crippen LogP contribution in [0.15, 0.2) is 24.3 Å². The lowest BCUT2D eigenvalue weighted by atomic mass is 9.77. The molecule has 3 rings (SSSR count). The van der Waals surface area contributed by atoms with Crippen molar-refractivity contribution in [3.8, 4) is 6.07 Å². The Morgan fingerprint density at radius 1 is 0.815 bits per heavy atom. The number of hydrogen-bond acceptors (Lipinski definition) is 1. The van der Waals surface area contributed by atoms with Crippen LogP contribution in [0.5, 0.6) is 0 Å². The Hall–Kier alpha value is -1.29. The zero-order valence-corrected chi connectivity index (χ0v) is 17.5. The van der Waals surface area contributed by atoms with Crippen LogP contribution in [0.3, 0.4) is 0 Å². The molecule has 0 amide bonds. The molecular weight excluding hydrogens is 326 g/mol. The molecule has 2 aliphatic rings. The van der Waals surface area contributed by atoms with Gasteiger partial charge in [0.2, 0.25) is 0 Å². The van der Waals surface area contributed by atoms with Crippen LogP contribution >= 0.6 is 0 Å². The monoisotopic (exact) mass is 365 g/mol. The van der Waals surface area contributed by atoms with Crippen LogP contribution in [0.2, 0.25) is 0 Å². The topological polar surface area (TPSA) is 23.8 Å². The summed E-state index contributed by atoms with van der Waals surface area (Å²) in [6.45, 7) is 2.31. The van der Waals surface area contributed by atoms with Crippen molar-refractivity contribution in [2.45, 2.75) is 103 Å². The van der Waals surface area contributed by atoms with Crippen LogP contribution in [0.1, 0.15) is 107 Å². The largest absolute Gasteiger partial charge is 0.198 e. The van der Waals surface area contributed by atoms with Gasteiger partial charge < -0.3 is 0 Å². The smallest absolute Gasteiger partial charge is 0.0655 e. The molecule has 0 atom stereocenters. The van der Waals surface area contributed by atoms with E-state index in [9.17, 15) is 0 Å². The van der Waals surface area contributed by atoms with Crippen molar-refractivity contribution in [1.82, 2.24) is 0 Å². The molecule has 27 heavy (non-hydrogen) atoms. The van der Waals surface area contributed by atoms with E-state index in [-0.39, 0.29) is 0 Å². The van der Waals surface area contributed by atoms with E-state index in [4.69, 9.17) is 5.26 Å². The molecular formula is C26H39N. The first-order valence-electron chi connectivity index (χ1n) is 11.8. The van der Waals surface area contributed by atoms with Crippen molar-refractivity contribution in [1.29, 1.82) is 5.26 Å². The Morgan fingerprint density at radius 3 is 2.04 bits per heavy atom. The Balaban J connectivity index is 1.37. The van der Waals surface area contributed by atoms with Gasteiger partial charge in [-0.25, -0.2) is 0 Å². The SMILES string of the molecule is CCCCC[C@H]1CC[C@H](CCc2ccc(C3CCC(C#N)CC3)cc2)CC1. The second-order valence-electron chi connectivity index (χ2n) is 9.34. The van der Waals surface area contributed by atoms with Crippen LogP contribution in [0, 0.1) is 29.1 Å². The summed E-state index contributed by atoms with van der Waals surface area (Å²) in [5.74, 6) is 2.99. The standard InChI is InChI=1S/C26H39N/c1-2-3-4-5-21-6-8-22(9-7-21)10-11-23-12-16-25(17-13-23)26-18-14-24(20-27)15-19-26/h12-13,16-17,21-22,24,26H,2-11,14-15,18-19H2,1H3/t21-,22-,24?,26?. The van der Waals surface area contributed by atoms with Gasteiger partial charge in [0, 0.05) is 5.92 Å². The normalized spacial score (nSPS) is 28.6. The minimum absolute atomic E-state index is 0.308. The van der Waals surface area contributed by atoms with E-state index in [1.165, 1.54) is 88.2 Å². The molecule has 0 aliphatic heterocycles. The van der Waals surface area contributed by atoms with Gasteiger partial charge in [-0.2, -0.15) is 5.26 Å². The number of nitriles is 1. The fraction of sp³-hybridized carbons (Fsp3) is 0.731. The highest BCUT2D eigenvalue weighted by molar-refractivity contribution is 5.26. The van der Waals surface area contributed by atoms with Crippen molar-refractivity contribution < 1.29 is 0 Å².